The molecule has 7 nitrogen and oxygen atoms in total. The number of para-hydroxylation sites is 2. The molecule has 3 aromatic carbocycles. The fourth-order valence-electron chi connectivity index (χ4n) is 2.32. The molecule has 0 atom stereocenters. The van der Waals surface area contributed by atoms with Crippen molar-refractivity contribution in [2.45, 2.75) is 0 Å². The van der Waals surface area contributed by atoms with Gasteiger partial charge in [-0.3, -0.25) is 10.1 Å². The first kappa shape index (κ1) is 22.1. The molecule has 0 amide bonds. The van der Waals surface area contributed by atoms with E-state index < -0.39 is 12.7 Å². The van der Waals surface area contributed by atoms with E-state index in [1.54, 1.807) is 60.7 Å². The molecule has 0 spiro atoms. The van der Waals surface area contributed by atoms with Gasteiger partial charge in [0, 0.05) is 17.7 Å². The Morgan fingerprint density at radius 1 is 0.800 bits per heavy atom. The predicted octanol–water partition coefficient (Wildman–Crippen LogP) is 7.29. The lowest BCUT2D eigenvalue weighted by Crippen LogP contribution is -2.05. The Morgan fingerprint density at radius 2 is 1.27 bits per heavy atom. The molecule has 0 heterocycles. The first-order valence-corrected chi connectivity index (χ1v) is 11.5. The van der Waals surface area contributed by atoms with Crippen LogP contribution < -0.4 is 9.05 Å². The van der Waals surface area contributed by atoms with E-state index in [-0.39, 0.29) is 22.9 Å². The van der Waals surface area contributed by atoms with E-state index in [2.05, 4.69) is 31.9 Å². The van der Waals surface area contributed by atoms with Crippen LogP contribution in [-0.2, 0) is 9.09 Å². The van der Waals surface area contributed by atoms with E-state index in [0.717, 1.165) is 0 Å². The standard InChI is InChI=1S/C20H14Br2NO6P/c21-20(22)19(15-11-13-16(14-12-15)23(24)25)29-30(26,27-17-7-3-1-4-8-17)28-18-9-5-2-6-10-18/h1-14H. The zero-order valence-electron chi connectivity index (χ0n) is 15.2. The highest BCUT2D eigenvalue weighted by molar-refractivity contribution is 9.28. The van der Waals surface area contributed by atoms with Gasteiger partial charge in [-0.05, 0) is 68.3 Å². The van der Waals surface area contributed by atoms with Gasteiger partial charge in [0.05, 0.1) is 4.92 Å². The summed E-state index contributed by atoms with van der Waals surface area (Å²) in [6, 6.07) is 22.4. The fourth-order valence-corrected chi connectivity index (χ4v) is 4.48. The van der Waals surface area contributed by atoms with Crippen molar-refractivity contribution in [2.75, 3.05) is 0 Å². The quantitative estimate of drug-likeness (QED) is 0.126. The second-order valence-electron chi connectivity index (χ2n) is 5.74. The Bertz CT molecular complexity index is 1040. The third kappa shape index (κ3) is 5.95. The summed E-state index contributed by atoms with van der Waals surface area (Å²) < 4.78 is 30.8. The van der Waals surface area contributed by atoms with E-state index in [0.29, 0.717) is 8.96 Å². The molecular weight excluding hydrogens is 541 g/mol. The van der Waals surface area contributed by atoms with Crippen LogP contribution in [0.25, 0.3) is 5.76 Å². The van der Waals surface area contributed by atoms with Gasteiger partial charge in [0.2, 0.25) is 0 Å². The van der Waals surface area contributed by atoms with Gasteiger partial charge in [-0.15, -0.1) is 0 Å². The maximum absolute atomic E-state index is 13.6. The van der Waals surface area contributed by atoms with E-state index in [1.807, 2.05) is 0 Å². The average Bonchev–Trinajstić information content (AvgIpc) is 2.73. The van der Waals surface area contributed by atoms with E-state index in [1.165, 1.54) is 24.3 Å². The Hall–Kier alpha value is -2.61. The Balaban J connectivity index is 1.96. The van der Waals surface area contributed by atoms with Crippen molar-refractivity contribution in [1.82, 2.24) is 0 Å². The lowest BCUT2D eigenvalue weighted by Gasteiger charge is -2.21. The minimum atomic E-state index is -4.22. The van der Waals surface area contributed by atoms with Crippen LogP contribution in [0.3, 0.4) is 0 Å². The molecule has 154 valence electrons. The molecule has 0 aliphatic carbocycles. The maximum atomic E-state index is 13.6. The molecule has 0 aromatic heterocycles. The topological polar surface area (TPSA) is 87.9 Å². The van der Waals surface area contributed by atoms with Gasteiger partial charge >= 0.3 is 7.82 Å². The Morgan fingerprint density at radius 3 is 1.67 bits per heavy atom. The second-order valence-corrected chi connectivity index (χ2v) is 9.83. The molecular formula is C20H14Br2NO6P. The molecule has 0 aliphatic heterocycles. The van der Waals surface area contributed by atoms with E-state index in [9.17, 15) is 14.7 Å². The third-order valence-corrected chi connectivity index (χ3v) is 5.63. The molecule has 0 bridgehead atoms. The summed E-state index contributed by atoms with van der Waals surface area (Å²) in [6.45, 7) is 0. The maximum Gasteiger partial charge on any atom is 0.647 e. The number of non-ortho nitro benzene ring substituents is 1. The number of hydrogen-bond donors (Lipinski definition) is 0. The largest absolute Gasteiger partial charge is 0.647 e. The van der Waals surface area contributed by atoms with Crippen molar-refractivity contribution in [1.29, 1.82) is 0 Å². The number of nitro groups is 1. The van der Waals surface area contributed by atoms with Gasteiger partial charge in [-0.25, -0.2) is 0 Å². The molecule has 30 heavy (non-hydrogen) atoms. The van der Waals surface area contributed by atoms with Crippen LogP contribution in [0.2, 0.25) is 0 Å². The molecule has 0 fully saturated rings. The van der Waals surface area contributed by atoms with Gasteiger partial charge < -0.3 is 13.6 Å². The van der Waals surface area contributed by atoms with Gasteiger partial charge in [-0.2, -0.15) is 4.57 Å². The zero-order valence-corrected chi connectivity index (χ0v) is 19.2. The van der Waals surface area contributed by atoms with Crippen LogP contribution in [0.4, 0.5) is 5.69 Å². The van der Waals surface area contributed by atoms with Crippen LogP contribution in [0.15, 0.2) is 88.3 Å². The number of phosphoric acid groups is 1. The first-order chi connectivity index (χ1) is 14.4. The van der Waals surface area contributed by atoms with Crippen molar-refractivity contribution >= 4 is 51.1 Å². The van der Waals surface area contributed by atoms with E-state index in [4.69, 9.17) is 13.6 Å². The highest BCUT2D eigenvalue weighted by Gasteiger charge is 2.35. The minimum absolute atomic E-state index is 0.0834. The van der Waals surface area contributed by atoms with Gasteiger partial charge in [-0.1, -0.05) is 36.4 Å². The lowest BCUT2D eigenvalue weighted by molar-refractivity contribution is -0.384. The number of rotatable bonds is 8. The molecule has 0 saturated heterocycles. The smallest absolute Gasteiger partial charge is 0.386 e. The summed E-state index contributed by atoms with van der Waals surface area (Å²) >= 11 is 6.51. The van der Waals surface area contributed by atoms with Gasteiger partial charge in [0.25, 0.3) is 5.69 Å². The minimum Gasteiger partial charge on any atom is -0.386 e. The molecule has 0 aliphatic rings. The second kappa shape index (κ2) is 9.93. The van der Waals surface area contributed by atoms with Crippen molar-refractivity contribution in [3.05, 3.63) is 104 Å². The summed E-state index contributed by atoms with van der Waals surface area (Å²) in [5.41, 5.74) is 0.325. The molecule has 0 N–H and O–H groups in total. The molecule has 10 heteroatoms. The normalized spacial score (nSPS) is 10.7. The number of halogens is 2. The van der Waals surface area contributed by atoms with Gasteiger partial charge in [0.1, 0.15) is 14.9 Å². The van der Waals surface area contributed by atoms with Crippen LogP contribution >= 0.6 is 39.7 Å². The monoisotopic (exact) mass is 553 g/mol. The highest BCUT2D eigenvalue weighted by Crippen LogP contribution is 2.54. The summed E-state index contributed by atoms with van der Waals surface area (Å²) in [7, 11) is -4.22. The van der Waals surface area contributed by atoms with E-state index >= 15 is 0 Å². The van der Waals surface area contributed by atoms with Crippen LogP contribution in [0.1, 0.15) is 5.56 Å². The predicted molar refractivity (Wildman–Crippen MR) is 121 cm³/mol. The number of hydrogen-bond acceptors (Lipinski definition) is 6. The number of nitro benzene ring substituents is 1. The van der Waals surface area contributed by atoms with Gasteiger partial charge in [0.15, 0.2) is 5.76 Å². The van der Waals surface area contributed by atoms with Crippen molar-refractivity contribution < 1.29 is 23.1 Å². The molecule has 0 saturated carbocycles. The number of nitrogens with zero attached hydrogens (tertiary/aromatic N) is 1. The molecule has 0 unspecified atom stereocenters. The molecule has 0 radical (unpaired) electrons. The first-order valence-electron chi connectivity index (χ1n) is 8.45. The summed E-state index contributed by atoms with van der Waals surface area (Å²) in [5, 5.41) is 10.9. The van der Waals surface area contributed by atoms with Crippen molar-refractivity contribution in [3.8, 4) is 11.5 Å². The average molecular weight is 555 g/mol. The number of benzene rings is 3. The number of phosphoric ester groups is 1. The van der Waals surface area contributed by atoms with Crippen molar-refractivity contribution in [2.24, 2.45) is 0 Å². The third-order valence-electron chi connectivity index (χ3n) is 3.64. The molecule has 3 rings (SSSR count). The zero-order chi connectivity index (χ0) is 21.6. The molecule has 3 aromatic rings. The van der Waals surface area contributed by atoms with Crippen LogP contribution in [0.5, 0.6) is 11.5 Å². The highest BCUT2D eigenvalue weighted by atomic mass is 79.9. The summed E-state index contributed by atoms with van der Waals surface area (Å²) in [6.07, 6.45) is 0. The summed E-state index contributed by atoms with van der Waals surface area (Å²) in [4.78, 5) is 10.4. The SMILES string of the molecule is O=[N+]([O-])c1ccc(C(OP(=O)(Oc2ccccc2)Oc2ccccc2)=C(Br)Br)cc1. The lowest BCUT2D eigenvalue weighted by atomic mass is 10.2. The summed E-state index contributed by atoms with van der Waals surface area (Å²) in [5.74, 6) is 0.649. The fraction of sp³-hybridized carbons (Fsp3) is 0. The Labute approximate surface area is 189 Å². The van der Waals surface area contributed by atoms with Crippen LogP contribution in [0, 0.1) is 10.1 Å². The van der Waals surface area contributed by atoms with Crippen molar-refractivity contribution in [3.63, 3.8) is 0 Å². The Kier molecular flexibility index (Phi) is 7.31. The van der Waals surface area contributed by atoms with Crippen LogP contribution in [-0.4, -0.2) is 4.92 Å².